The highest BCUT2D eigenvalue weighted by Crippen LogP contribution is 2.33. The topological polar surface area (TPSA) is 246 Å². The zero-order valence-corrected chi connectivity index (χ0v) is 47.8. The second-order valence-electron chi connectivity index (χ2n) is 21.9. The number of ether oxygens (including phenoxy) is 6. The lowest BCUT2D eigenvalue weighted by molar-refractivity contribution is -0.165. The largest absolute Gasteiger partial charge is 0.493 e. The highest BCUT2D eigenvalue weighted by Gasteiger charge is 2.43. The van der Waals surface area contributed by atoms with Crippen LogP contribution in [0, 0.1) is 11.3 Å². The van der Waals surface area contributed by atoms with Gasteiger partial charge in [0, 0.05) is 40.3 Å². The van der Waals surface area contributed by atoms with Gasteiger partial charge < -0.3 is 58.7 Å². The lowest BCUT2D eigenvalue weighted by Gasteiger charge is -2.36. The molecule has 5 atom stereocenters. The highest BCUT2D eigenvalue weighted by molar-refractivity contribution is 6.38. The Morgan fingerprint density at radius 1 is 0.833 bits per heavy atom. The molecule has 2 N–H and O–H groups in total. The normalized spacial score (nSPS) is 22.9. The molecule has 1 fully saturated rings. The third kappa shape index (κ3) is 18.9. The minimum atomic E-state index is -1.49. The molecule has 2 aliphatic heterocycles. The molecule has 4 rings (SSSR count). The molecule has 2 aromatic rings. The first-order valence-corrected chi connectivity index (χ1v) is 26.5. The Morgan fingerprint density at radius 2 is 1.54 bits per heavy atom. The van der Waals surface area contributed by atoms with E-state index >= 15 is 0 Å². The Balaban J connectivity index is 1.68. The number of hydrogen-bond donors (Lipinski definition) is 2. The van der Waals surface area contributed by atoms with E-state index in [1.54, 1.807) is 51.1 Å². The summed E-state index contributed by atoms with van der Waals surface area (Å²) >= 11 is 0. The van der Waals surface area contributed by atoms with E-state index in [0.29, 0.717) is 36.3 Å². The lowest BCUT2D eigenvalue weighted by Crippen LogP contribution is -2.59. The molecule has 0 unspecified atom stereocenters. The standard InChI is InChI=1S/C57H82N6O15/c1-36(2)29-41-53(70)62(11)43(33-77-56(4,5)6)51(68)58-37(3)52(69)60(9)27-16-15-22-49(66)76-35-57(7,8)50(67)54(71)63-28-17-14-21-42(63)55(72)78-44(25-23-38-24-26-45(73-12)46(30-38)74-13)39-19-18-20-40(31-39)75-34-48(65)61(10)32-47(64)59-41/h15,18-20,22,24,26,30-31,36-37,41-44H,14,16-17,21,23,25,27-29,32-35H2,1-13H3,(H,58,68)(H,59,64)/t37-,41+,42-,43-,44+/m0/s1. The van der Waals surface area contributed by atoms with Crippen molar-refractivity contribution in [2.45, 2.75) is 136 Å². The number of nitrogens with one attached hydrogen (secondary N) is 2. The molecule has 2 aromatic carbocycles. The zero-order valence-electron chi connectivity index (χ0n) is 47.8. The summed E-state index contributed by atoms with van der Waals surface area (Å²) in [6, 6.07) is 7.56. The predicted molar refractivity (Wildman–Crippen MR) is 288 cm³/mol. The van der Waals surface area contributed by atoms with Gasteiger partial charge in [-0.2, -0.15) is 0 Å². The van der Waals surface area contributed by atoms with Crippen LogP contribution in [0.25, 0.3) is 0 Å². The van der Waals surface area contributed by atoms with Crippen LogP contribution in [0.15, 0.2) is 54.6 Å². The van der Waals surface area contributed by atoms with Gasteiger partial charge in [-0.3, -0.25) is 33.6 Å². The number of likely N-dealkylation sites (N-methyl/N-ethyl adjacent to an activating group) is 3. The van der Waals surface area contributed by atoms with Crippen molar-refractivity contribution in [1.82, 2.24) is 30.2 Å². The number of aryl methyl sites for hydroxylation is 1. The van der Waals surface area contributed by atoms with Gasteiger partial charge in [0.05, 0.1) is 38.4 Å². The number of benzene rings is 2. The molecule has 78 heavy (non-hydrogen) atoms. The molecule has 0 radical (unpaired) electrons. The molecule has 2 bridgehead atoms. The predicted octanol–water partition coefficient (Wildman–Crippen LogP) is 4.37. The third-order valence-electron chi connectivity index (χ3n) is 13.3. The molecule has 2 heterocycles. The lowest BCUT2D eigenvalue weighted by atomic mass is 9.87. The van der Waals surface area contributed by atoms with Gasteiger partial charge in [-0.15, -0.1) is 0 Å². The molecule has 21 nitrogen and oxygen atoms in total. The van der Waals surface area contributed by atoms with Gasteiger partial charge >= 0.3 is 11.9 Å². The van der Waals surface area contributed by atoms with E-state index < -0.39 is 114 Å². The molecule has 0 aromatic heterocycles. The van der Waals surface area contributed by atoms with Crippen LogP contribution in [0.4, 0.5) is 0 Å². The van der Waals surface area contributed by atoms with Crippen LogP contribution in [-0.2, 0) is 63.8 Å². The van der Waals surface area contributed by atoms with Gasteiger partial charge in [0.1, 0.15) is 42.6 Å². The maximum atomic E-state index is 14.4. The number of piperidine rings is 1. The Kier molecular flexibility index (Phi) is 23.7. The van der Waals surface area contributed by atoms with E-state index in [9.17, 15) is 43.2 Å². The van der Waals surface area contributed by atoms with Gasteiger partial charge in [0.2, 0.25) is 29.4 Å². The van der Waals surface area contributed by atoms with Crippen LogP contribution in [-0.4, -0.2) is 177 Å². The van der Waals surface area contributed by atoms with Gasteiger partial charge in [0.15, 0.2) is 18.1 Å². The van der Waals surface area contributed by atoms with Gasteiger partial charge in [-0.25, -0.2) is 9.59 Å². The first kappa shape index (κ1) is 63.5. The maximum absolute atomic E-state index is 14.4. The van der Waals surface area contributed by atoms with Crippen molar-refractivity contribution >= 4 is 53.2 Å². The minimum absolute atomic E-state index is 0.0909. The first-order valence-electron chi connectivity index (χ1n) is 26.5. The quantitative estimate of drug-likeness (QED) is 0.262. The van der Waals surface area contributed by atoms with E-state index in [0.717, 1.165) is 16.5 Å². The molecule has 6 amide bonds. The summed E-state index contributed by atoms with van der Waals surface area (Å²) in [5.74, 6) is -5.10. The van der Waals surface area contributed by atoms with Crippen molar-refractivity contribution in [2.24, 2.45) is 11.3 Å². The molecular formula is C57H82N6O15. The summed E-state index contributed by atoms with van der Waals surface area (Å²) in [4.78, 5) is 129. The summed E-state index contributed by atoms with van der Waals surface area (Å²) in [6.07, 6.45) is 4.08. The SMILES string of the molecule is COc1ccc(CC[C@H]2OC(=O)[C@@H]3CCCCN3C(=O)C(=O)C(C)(C)COC(=O)C=CCCN(C)C(=O)[C@H](C)NC(=O)[C@H](COC(C)(C)C)N(C)C(=O)[C@@H](CC(C)C)NC(=O)CN(C)C(=O)COc3cccc2c3)cc1OC. The molecular weight excluding hydrogens is 1010 g/mol. The van der Waals surface area contributed by atoms with Crippen LogP contribution in [0.5, 0.6) is 17.2 Å². The fourth-order valence-corrected chi connectivity index (χ4v) is 8.70. The Labute approximate surface area is 458 Å². The molecule has 0 aliphatic carbocycles. The second-order valence-corrected chi connectivity index (χ2v) is 21.9. The highest BCUT2D eigenvalue weighted by atomic mass is 16.5. The Morgan fingerprint density at radius 3 is 2.21 bits per heavy atom. The van der Waals surface area contributed by atoms with Crippen LogP contribution in [0.3, 0.4) is 0 Å². The number of cyclic esters (lactones) is 2. The van der Waals surface area contributed by atoms with E-state index in [1.165, 1.54) is 76.9 Å². The number of Topliss-reactive ketones (excluding diaryl/α,β-unsaturated/α-hetero) is 1. The number of methoxy groups -OCH3 is 2. The fourth-order valence-electron chi connectivity index (χ4n) is 8.70. The molecule has 0 spiro atoms. The average molecular weight is 1090 g/mol. The number of nitrogens with zero attached hydrogens (tertiary/aromatic N) is 4. The van der Waals surface area contributed by atoms with Crippen molar-refractivity contribution in [2.75, 3.05) is 74.8 Å². The van der Waals surface area contributed by atoms with Crippen molar-refractivity contribution < 1.29 is 71.6 Å². The molecule has 0 saturated carbocycles. The van der Waals surface area contributed by atoms with E-state index in [1.807, 2.05) is 26.0 Å². The van der Waals surface area contributed by atoms with Crippen LogP contribution >= 0.6 is 0 Å². The smallest absolute Gasteiger partial charge is 0.330 e. The molecule has 21 heteroatoms. The number of hydrogen-bond acceptors (Lipinski definition) is 15. The molecule has 2 aliphatic rings. The first-order chi connectivity index (χ1) is 36.7. The van der Waals surface area contributed by atoms with Crippen molar-refractivity contribution in [3.05, 3.63) is 65.7 Å². The number of fused-ring (bicyclic) bond motifs is 3. The van der Waals surface area contributed by atoms with Crippen LogP contribution in [0.2, 0.25) is 0 Å². The van der Waals surface area contributed by atoms with Crippen LogP contribution < -0.4 is 24.8 Å². The monoisotopic (exact) mass is 1090 g/mol. The minimum Gasteiger partial charge on any atom is -0.493 e. The number of rotatable bonds is 9. The van der Waals surface area contributed by atoms with Crippen LogP contribution in [0.1, 0.15) is 111 Å². The number of carbonyl (C=O) groups excluding carboxylic acids is 9. The summed E-state index contributed by atoms with van der Waals surface area (Å²) in [7, 11) is 7.40. The molecule has 430 valence electrons. The third-order valence-corrected chi connectivity index (χ3v) is 13.3. The average Bonchev–Trinajstić information content (AvgIpc) is 3.39. The number of esters is 2. The van der Waals surface area contributed by atoms with E-state index in [4.69, 9.17) is 28.4 Å². The van der Waals surface area contributed by atoms with Gasteiger partial charge in [-0.1, -0.05) is 38.1 Å². The van der Waals surface area contributed by atoms with Gasteiger partial charge in [0.25, 0.3) is 11.8 Å². The number of amides is 6. The summed E-state index contributed by atoms with van der Waals surface area (Å²) in [5.41, 5.74) is -0.866. The Bertz CT molecular complexity index is 2490. The van der Waals surface area contributed by atoms with E-state index in [2.05, 4.69) is 10.6 Å². The van der Waals surface area contributed by atoms with Crippen molar-refractivity contribution in [3.8, 4) is 17.2 Å². The van der Waals surface area contributed by atoms with Crippen molar-refractivity contribution in [1.29, 1.82) is 0 Å². The Hall–Kier alpha value is -7.03. The summed E-state index contributed by atoms with van der Waals surface area (Å²) < 4.78 is 34.6. The second kappa shape index (κ2) is 29.1. The number of carbonyl (C=O) groups is 9. The fraction of sp³-hybridized carbons (Fsp3) is 0.596. The van der Waals surface area contributed by atoms with Gasteiger partial charge in [-0.05, 0) is 128 Å². The number of ketones is 1. The zero-order chi connectivity index (χ0) is 58.1. The van der Waals surface area contributed by atoms with E-state index in [-0.39, 0.29) is 57.0 Å². The summed E-state index contributed by atoms with van der Waals surface area (Å²) in [5, 5.41) is 5.46. The van der Waals surface area contributed by atoms with Crippen molar-refractivity contribution in [3.63, 3.8) is 0 Å². The summed E-state index contributed by atoms with van der Waals surface area (Å²) in [6.45, 7) is 12.1. The molecule has 1 saturated heterocycles. The maximum Gasteiger partial charge on any atom is 0.330 e.